The fraction of sp³-hybridized carbons (Fsp3) is 0.120. The molecule has 0 bridgehead atoms. The van der Waals surface area contributed by atoms with Crippen molar-refractivity contribution in [3.8, 4) is 0 Å². The molecule has 3 nitrogen and oxygen atoms in total. The van der Waals surface area contributed by atoms with Gasteiger partial charge in [-0.15, -0.1) is 11.3 Å². The Kier molecular flexibility index (Phi) is 4.67. The smallest absolute Gasteiger partial charge is 0.271 e. The Hall–Kier alpha value is -2.54. The van der Waals surface area contributed by atoms with Gasteiger partial charge in [0.15, 0.2) is 4.80 Å². The largest absolute Gasteiger partial charge is 0.271 e. The minimum atomic E-state index is -0.0772. The minimum Gasteiger partial charge on any atom is -0.271 e. The molecule has 0 saturated carbocycles. The lowest BCUT2D eigenvalue weighted by Crippen LogP contribution is -2.38. The molecule has 0 saturated heterocycles. The van der Waals surface area contributed by atoms with Crippen LogP contribution in [0.4, 0.5) is 0 Å². The fourth-order valence-corrected chi connectivity index (χ4v) is 6.54. The monoisotopic (exact) mass is 504 g/mol. The van der Waals surface area contributed by atoms with Crippen LogP contribution in [0.1, 0.15) is 34.0 Å². The average Bonchev–Trinajstić information content (AvgIpc) is 3.43. The van der Waals surface area contributed by atoms with Gasteiger partial charge in [0.1, 0.15) is 0 Å². The maximum Gasteiger partial charge on any atom is 0.271 e. The third-order valence-corrected chi connectivity index (χ3v) is 8.29. The van der Waals surface area contributed by atoms with E-state index in [1.165, 1.54) is 32.9 Å². The van der Waals surface area contributed by atoms with E-state index < -0.39 is 0 Å². The first kappa shape index (κ1) is 19.2. The molecule has 2 aromatic carbocycles. The van der Waals surface area contributed by atoms with Gasteiger partial charge in [0, 0.05) is 14.9 Å². The summed E-state index contributed by atoms with van der Waals surface area (Å²) in [7, 11) is 0. The van der Waals surface area contributed by atoms with Crippen molar-refractivity contribution >= 4 is 50.4 Å². The number of benzene rings is 2. The lowest BCUT2D eigenvalue weighted by atomic mass is 9.85. The maximum atomic E-state index is 13.6. The van der Waals surface area contributed by atoms with Gasteiger partial charge in [-0.3, -0.25) is 9.36 Å². The van der Waals surface area contributed by atoms with Gasteiger partial charge in [0.2, 0.25) is 0 Å². The number of halogens is 1. The molecule has 3 heterocycles. The first-order valence-electron chi connectivity index (χ1n) is 10.1. The summed E-state index contributed by atoms with van der Waals surface area (Å²) in [6, 6.07) is 20.7. The van der Waals surface area contributed by atoms with E-state index in [4.69, 9.17) is 4.99 Å². The van der Waals surface area contributed by atoms with Crippen molar-refractivity contribution in [2.24, 2.45) is 4.99 Å². The van der Waals surface area contributed by atoms with Crippen molar-refractivity contribution in [2.45, 2.75) is 18.9 Å². The van der Waals surface area contributed by atoms with Gasteiger partial charge in [-0.25, -0.2) is 4.99 Å². The predicted molar refractivity (Wildman–Crippen MR) is 131 cm³/mol. The zero-order valence-electron chi connectivity index (χ0n) is 16.4. The molecule has 31 heavy (non-hydrogen) atoms. The van der Waals surface area contributed by atoms with Crippen molar-refractivity contribution < 1.29 is 0 Å². The molecule has 1 aliphatic carbocycles. The Morgan fingerprint density at radius 3 is 2.68 bits per heavy atom. The second-order valence-corrected chi connectivity index (χ2v) is 10.6. The van der Waals surface area contributed by atoms with Crippen LogP contribution in [0.3, 0.4) is 0 Å². The van der Waals surface area contributed by atoms with Crippen LogP contribution in [0.2, 0.25) is 0 Å². The van der Waals surface area contributed by atoms with Crippen molar-refractivity contribution in [3.05, 3.63) is 117 Å². The number of thiazole rings is 1. The van der Waals surface area contributed by atoms with E-state index in [-0.39, 0.29) is 11.6 Å². The second-order valence-electron chi connectivity index (χ2n) is 7.68. The summed E-state index contributed by atoms with van der Waals surface area (Å²) in [6.07, 6.45) is 3.88. The van der Waals surface area contributed by atoms with Crippen molar-refractivity contribution in [3.63, 3.8) is 0 Å². The molecule has 152 valence electrons. The molecule has 0 radical (unpaired) electrons. The molecule has 4 aromatic rings. The van der Waals surface area contributed by atoms with Crippen LogP contribution in [-0.2, 0) is 6.42 Å². The van der Waals surface area contributed by atoms with Crippen molar-refractivity contribution in [1.29, 1.82) is 0 Å². The quantitative estimate of drug-likeness (QED) is 0.372. The summed E-state index contributed by atoms with van der Waals surface area (Å²) in [6.45, 7) is 0. The molecule has 0 fully saturated rings. The fourth-order valence-electron chi connectivity index (χ4n) is 4.43. The first-order chi connectivity index (χ1) is 15.2. The molecular formula is C25H17BrN2OS2. The van der Waals surface area contributed by atoms with Crippen LogP contribution >= 0.6 is 38.6 Å². The number of thiophene rings is 1. The molecule has 2 aliphatic rings. The third kappa shape index (κ3) is 3.21. The molecule has 0 N–H and O–H groups in total. The predicted octanol–water partition coefficient (Wildman–Crippen LogP) is 5.14. The summed E-state index contributed by atoms with van der Waals surface area (Å²) < 4.78 is 3.65. The van der Waals surface area contributed by atoms with Crippen LogP contribution in [0.5, 0.6) is 0 Å². The van der Waals surface area contributed by atoms with Crippen LogP contribution in [0.15, 0.2) is 85.9 Å². The molecule has 6 rings (SSSR count). The van der Waals surface area contributed by atoms with Gasteiger partial charge in [-0.05, 0) is 59.2 Å². The summed E-state index contributed by atoms with van der Waals surface area (Å²) in [5.74, 6) is 0. The Labute approximate surface area is 195 Å². The molecule has 1 unspecified atom stereocenters. The average molecular weight is 505 g/mol. The Morgan fingerprint density at radius 1 is 1.03 bits per heavy atom. The Bertz CT molecular complexity index is 1510. The number of aryl methyl sites for hydroxylation is 1. The highest BCUT2D eigenvalue weighted by molar-refractivity contribution is 9.10. The van der Waals surface area contributed by atoms with Crippen LogP contribution < -0.4 is 14.9 Å². The zero-order chi connectivity index (χ0) is 20.9. The van der Waals surface area contributed by atoms with Crippen molar-refractivity contribution in [2.75, 3.05) is 0 Å². The van der Waals surface area contributed by atoms with Crippen LogP contribution in [-0.4, -0.2) is 4.57 Å². The molecular weight excluding hydrogens is 488 g/mol. The van der Waals surface area contributed by atoms with Crippen LogP contribution in [0, 0.1) is 0 Å². The maximum absolute atomic E-state index is 13.6. The number of allylic oxidation sites excluding steroid dienone is 1. The van der Waals surface area contributed by atoms with E-state index in [9.17, 15) is 4.79 Å². The van der Waals surface area contributed by atoms with E-state index in [2.05, 4.69) is 57.7 Å². The van der Waals surface area contributed by atoms with Gasteiger partial charge in [-0.2, -0.15) is 0 Å². The summed E-state index contributed by atoms with van der Waals surface area (Å²) in [5, 5.41) is 2.09. The normalized spacial score (nSPS) is 17.7. The van der Waals surface area contributed by atoms with Gasteiger partial charge < -0.3 is 0 Å². The highest BCUT2D eigenvalue weighted by atomic mass is 79.9. The molecule has 2 aromatic heterocycles. The van der Waals surface area contributed by atoms with Gasteiger partial charge in [0.25, 0.3) is 5.56 Å². The van der Waals surface area contributed by atoms with E-state index in [1.54, 1.807) is 11.3 Å². The topological polar surface area (TPSA) is 34.4 Å². The van der Waals surface area contributed by atoms with Crippen LogP contribution in [0.25, 0.3) is 11.8 Å². The number of fused-ring (bicyclic) bond motifs is 3. The van der Waals surface area contributed by atoms with E-state index in [0.717, 1.165) is 37.9 Å². The molecule has 6 heteroatoms. The van der Waals surface area contributed by atoms with Crippen molar-refractivity contribution in [1.82, 2.24) is 4.57 Å². The molecule has 0 amide bonds. The second kappa shape index (κ2) is 7.55. The summed E-state index contributed by atoms with van der Waals surface area (Å²) in [4.78, 5) is 20.6. The van der Waals surface area contributed by atoms with E-state index >= 15 is 0 Å². The van der Waals surface area contributed by atoms with E-state index in [0.29, 0.717) is 0 Å². The lowest BCUT2D eigenvalue weighted by Gasteiger charge is -2.30. The van der Waals surface area contributed by atoms with E-state index in [1.807, 2.05) is 34.9 Å². The zero-order valence-corrected chi connectivity index (χ0v) is 19.6. The highest BCUT2D eigenvalue weighted by Crippen LogP contribution is 2.42. The minimum absolute atomic E-state index is 0.0375. The number of hydrogen-bond acceptors (Lipinski definition) is 4. The standard InChI is InChI=1S/C25H17BrN2OS2/c26-17-10-7-15(8-11-17)14-21-24(29)28-23(20-6-3-13-30-20)19-12-9-16-4-1-2-5-18(16)22(19)27-25(28)31-21/h1-8,10-11,13-14,23H,9,12H2/b21-14+. The number of rotatable bonds is 2. The molecule has 1 atom stereocenters. The Balaban J connectivity index is 1.62. The first-order valence-corrected chi connectivity index (χ1v) is 12.6. The molecule has 1 aliphatic heterocycles. The number of aromatic nitrogens is 1. The lowest BCUT2D eigenvalue weighted by molar-refractivity contribution is 0.593. The third-order valence-electron chi connectivity index (χ3n) is 5.85. The summed E-state index contributed by atoms with van der Waals surface area (Å²) >= 11 is 6.66. The van der Waals surface area contributed by atoms with Gasteiger partial charge in [-0.1, -0.05) is 69.7 Å². The summed E-state index contributed by atoms with van der Waals surface area (Å²) in [5.41, 5.74) is 5.89. The van der Waals surface area contributed by atoms with Gasteiger partial charge >= 0.3 is 0 Å². The number of hydrogen-bond donors (Lipinski definition) is 0. The molecule has 0 spiro atoms. The Morgan fingerprint density at radius 2 is 1.87 bits per heavy atom. The highest BCUT2D eigenvalue weighted by Gasteiger charge is 2.32. The SMILES string of the molecule is O=c1/c(=C\c2ccc(Br)cc2)sc2n1C(c1cccs1)C1=C(N=2)c2ccccc2CC1. The number of nitrogens with zero attached hydrogens (tertiary/aromatic N) is 2. The van der Waals surface area contributed by atoms with Gasteiger partial charge in [0.05, 0.1) is 16.3 Å².